The van der Waals surface area contributed by atoms with Crippen LogP contribution < -0.4 is 27.8 Å². The van der Waals surface area contributed by atoms with Gasteiger partial charge in [-0.2, -0.15) is 0 Å². The third-order valence-corrected chi connectivity index (χ3v) is 5.92. The molecule has 0 bridgehead atoms. The molecule has 2 rings (SSSR count). The number of hydrogen-bond donors (Lipinski definition) is 7. The lowest BCUT2D eigenvalue weighted by molar-refractivity contribution is -0.155. The quantitative estimate of drug-likeness (QED) is 0.0741. The largest absolute Gasteiger partial charge is 0.480 e. The van der Waals surface area contributed by atoms with Crippen molar-refractivity contribution in [3.05, 3.63) is 35.4 Å². The first-order valence-electron chi connectivity index (χ1n) is 12.3. The van der Waals surface area contributed by atoms with Crippen molar-refractivity contribution in [1.82, 2.24) is 20.4 Å². The van der Waals surface area contributed by atoms with Crippen molar-refractivity contribution in [2.24, 2.45) is 22.2 Å². The molecule has 0 aromatic heterocycles. The Balaban J connectivity index is 0.00000800. The van der Waals surface area contributed by atoms with Gasteiger partial charge < -0.3 is 42.7 Å². The molecule has 0 aliphatic carbocycles. The Labute approximate surface area is 237 Å². The molecule has 40 heavy (non-hydrogen) atoms. The Morgan fingerprint density at radius 3 is 2.27 bits per heavy atom. The van der Waals surface area contributed by atoms with Crippen molar-refractivity contribution < 1.29 is 29.1 Å². The molecule has 10 N–H and O–H groups in total. The number of amidine groups is 1. The first-order valence-corrected chi connectivity index (χ1v) is 12.3. The summed E-state index contributed by atoms with van der Waals surface area (Å²) in [6, 6.07) is 5.04. The molecule has 1 aromatic rings. The zero-order valence-electron chi connectivity index (χ0n) is 21.9. The van der Waals surface area contributed by atoms with E-state index in [-0.39, 0.29) is 74.7 Å². The smallest absolute Gasteiger partial charge is 0.323 e. The summed E-state index contributed by atoms with van der Waals surface area (Å²) >= 11 is 0. The first kappa shape index (κ1) is 33.6. The van der Waals surface area contributed by atoms with E-state index in [2.05, 4.69) is 15.6 Å². The van der Waals surface area contributed by atoms with Crippen molar-refractivity contribution in [3.8, 4) is 0 Å². The number of halogens is 1. The lowest BCUT2D eigenvalue weighted by Crippen LogP contribution is -2.60. The number of nitrogens with one attached hydrogen (secondary N) is 3. The maximum Gasteiger partial charge on any atom is 0.323 e. The van der Waals surface area contributed by atoms with E-state index in [1.54, 1.807) is 0 Å². The number of aliphatic carboxylic acids is 1. The third-order valence-electron chi connectivity index (χ3n) is 5.92. The van der Waals surface area contributed by atoms with E-state index in [0.717, 1.165) is 0 Å². The van der Waals surface area contributed by atoms with Gasteiger partial charge in [-0.05, 0) is 31.4 Å². The van der Waals surface area contributed by atoms with Gasteiger partial charge in [0.05, 0.1) is 6.54 Å². The average Bonchev–Trinajstić information content (AvgIpc) is 2.89. The minimum atomic E-state index is -1.17. The second-order valence-corrected chi connectivity index (χ2v) is 8.83. The molecule has 4 amide bonds. The molecule has 0 spiro atoms. The van der Waals surface area contributed by atoms with Gasteiger partial charge in [-0.1, -0.05) is 12.1 Å². The average molecular weight is 582 g/mol. The first-order chi connectivity index (χ1) is 18.5. The number of piperazine rings is 1. The number of carboxylic acids is 1. The molecule has 16 heteroatoms. The number of hydrogen-bond acceptors (Lipinski definition) is 7. The lowest BCUT2D eigenvalue weighted by atomic mass is 10.0. The number of benzene rings is 1. The molecular weight excluding hydrogens is 546 g/mol. The van der Waals surface area contributed by atoms with Crippen LogP contribution in [0.4, 0.5) is 0 Å². The zero-order chi connectivity index (χ0) is 28.9. The molecule has 15 nitrogen and oxygen atoms in total. The number of nitrogens with two attached hydrogens (primary N) is 3. The highest BCUT2D eigenvalue weighted by Gasteiger charge is 2.37. The van der Waals surface area contributed by atoms with Crippen LogP contribution in [0, 0.1) is 5.41 Å². The number of carbonyl (C=O) groups is 5. The van der Waals surface area contributed by atoms with Gasteiger partial charge in [-0.3, -0.25) is 34.4 Å². The number of carboxylic acid groups (broad SMARTS) is 1. The predicted molar refractivity (Wildman–Crippen MR) is 149 cm³/mol. The number of nitrogen functional groups attached to an aromatic ring is 1. The summed E-state index contributed by atoms with van der Waals surface area (Å²) < 4.78 is 0. The SMILES string of the molecule is Cl.N=C(N)c1ccc(C(=O)NCC(=O)N2CCN(CC(=O)O)C(=O)[C@@H]2CCCNC(=O)CCCN=C(N)N)cc1. The number of aliphatic imine (C=N–C) groups is 1. The van der Waals surface area contributed by atoms with E-state index in [1.165, 1.54) is 34.1 Å². The number of nitrogens with zero attached hydrogens (tertiary/aromatic N) is 3. The summed E-state index contributed by atoms with van der Waals surface area (Å²) in [6.45, 7) is -0.148. The minimum absolute atomic E-state index is 0. The zero-order valence-corrected chi connectivity index (χ0v) is 22.7. The minimum Gasteiger partial charge on any atom is -0.480 e. The van der Waals surface area contributed by atoms with Crippen LogP contribution in [0.2, 0.25) is 0 Å². The van der Waals surface area contributed by atoms with E-state index in [4.69, 9.17) is 27.7 Å². The molecule has 1 aliphatic heterocycles. The number of rotatable bonds is 14. The van der Waals surface area contributed by atoms with Gasteiger partial charge >= 0.3 is 5.97 Å². The molecule has 1 atom stereocenters. The summed E-state index contributed by atoms with van der Waals surface area (Å²) in [4.78, 5) is 67.9. The van der Waals surface area contributed by atoms with Crippen LogP contribution >= 0.6 is 12.4 Å². The van der Waals surface area contributed by atoms with Crippen molar-refractivity contribution in [1.29, 1.82) is 5.41 Å². The van der Waals surface area contributed by atoms with Gasteiger partial charge in [0.25, 0.3) is 5.91 Å². The monoisotopic (exact) mass is 581 g/mol. The van der Waals surface area contributed by atoms with E-state index in [9.17, 15) is 24.0 Å². The summed E-state index contributed by atoms with van der Waals surface area (Å²) in [5.74, 6) is -3.10. The van der Waals surface area contributed by atoms with Gasteiger partial charge in [-0.15, -0.1) is 12.4 Å². The Kier molecular flexibility index (Phi) is 13.9. The van der Waals surface area contributed by atoms with Crippen LogP contribution in [0.15, 0.2) is 29.3 Å². The fraction of sp³-hybridized carbons (Fsp3) is 0.458. The third kappa shape index (κ3) is 10.8. The molecule has 0 unspecified atom stereocenters. The van der Waals surface area contributed by atoms with Crippen LogP contribution in [-0.4, -0.2) is 102 Å². The Morgan fingerprint density at radius 2 is 1.68 bits per heavy atom. The maximum absolute atomic E-state index is 13.0. The summed E-state index contributed by atoms with van der Waals surface area (Å²) in [5, 5.41) is 21.8. The molecule has 0 radical (unpaired) electrons. The highest BCUT2D eigenvalue weighted by Crippen LogP contribution is 2.17. The van der Waals surface area contributed by atoms with E-state index in [1.807, 2.05) is 0 Å². The van der Waals surface area contributed by atoms with Gasteiger partial charge in [0, 0.05) is 43.7 Å². The standard InChI is InChI=1S/C24H35N9O6.ClH/c25-21(26)15-5-7-16(8-6-15)22(38)31-13-19(35)33-12-11-32(14-20(36)37)23(39)17(33)3-1-9-29-18(34)4-2-10-30-24(27)28;/h5-8,17H,1-4,9-14H2,(H3,25,26)(H,29,34)(H,31,38)(H,36,37)(H4,27,28,30);1H/t17-;/m0./s1. The summed E-state index contributed by atoms with van der Waals surface area (Å²) in [5.41, 5.74) is 16.6. The lowest BCUT2D eigenvalue weighted by Gasteiger charge is -2.40. The fourth-order valence-electron chi connectivity index (χ4n) is 3.96. The Morgan fingerprint density at radius 1 is 1.02 bits per heavy atom. The highest BCUT2D eigenvalue weighted by atomic mass is 35.5. The van der Waals surface area contributed by atoms with Crippen LogP contribution in [0.25, 0.3) is 0 Å². The van der Waals surface area contributed by atoms with Crippen LogP contribution in [0.1, 0.15) is 41.6 Å². The molecule has 1 aromatic carbocycles. The van der Waals surface area contributed by atoms with Gasteiger partial charge in [-0.25, -0.2) is 0 Å². The number of amides is 4. The van der Waals surface area contributed by atoms with Crippen molar-refractivity contribution >= 4 is 53.8 Å². The van der Waals surface area contributed by atoms with E-state index >= 15 is 0 Å². The normalized spacial score (nSPS) is 14.5. The predicted octanol–water partition coefficient (Wildman–Crippen LogP) is -1.80. The second kappa shape index (κ2) is 16.5. The summed E-state index contributed by atoms with van der Waals surface area (Å²) in [6.07, 6.45) is 1.22. The van der Waals surface area contributed by atoms with Crippen molar-refractivity contribution in [2.45, 2.75) is 31.7 Å². The number of guanidine groups is 1. The van der Waals surface area contributed by atoms with Crippen molar-refractivity contribution in [2.75, 3.05) is 39.3 Å². The fourth-order valence-corrected chi connectivity index (χ4v) is 3.96. The van der Waals surface area contributed by atoms with Crippen LogP contribution in [0.3, 0.4) is 0 Å². The second-order valence-electron chi connectivity index (χ2n) is 8.83. The highest BCUT2D eigenvalue weighted by molar-refractivity contribution is 5.99. The molecule has 1 heterocycles. The summed E-state index contributed by atoms with van der Waals surface area (Å²) in [7, 11) is 0. The molecule has 0 saturated carbocycles. The van der Waals surface area contributed by atoms with Gasteiger partial charge in [0.1, 0.15) is 18.4 Å². The molecule has 220 valence electrons. The van der Waals surface area contributed by atoms with E-state index < -0.39 is 36.3 Å². The van der Waals surface area contributed by atoms with Gasteiger partial charge in [0.2, 0.25) is 17.7 Å². The molecule has 1 aliphatic rings. The van der Waals surface area contributed by atoms with E-state index in [0.29, 0.717) is 24.9 Å². The molecular formula is C24H36ClN9O6. The number of carbonyl (C=O) groups excluding carboxylic acids is 4. The Bertz CT molecular complexity index is 1110. The molecule has 1 saturated heterocycles. The van der Waals surface area contributed by atoms with Crippen molar-refractivity contribution in [3.63, 3.8) is 0 Å². The Hall–Kier alpha value is -4.40. The van der Waals surface area contributed by atoms with Crippen LogP contribution in [-0.2, 0) is 19.2 Å². The topological polar surface area (TPSA) is 250 Å². The molecule has 1 fully saturated rings. The van der Waals surface area contributed by atoms with Crippen LogP contribution in [0.5, 0.6) is 0 Å². The maximum atomic E-state index is 13.0. The van der Waals surface area contributed by atoms with Gasteiger partial charge in [0.15, 0.2) is 5.96 Å².